The zero-order valence-electron chi connectivity index (χ0n) is 22.9. The summed E-state index contributed by atoms with van der Waals surface area (Å²) in [6.45, 7) is 3.24. The maximum absolute atomic E-state index is 13.7. The largest absolute Gasteiger partial charge is 0.497 e. The van der Waals surface area contributed by atoms with E-state index >= 15 is 0 Å². The van der Waals surface area contributed by atoms with Crippen LogP contribution in [0.2, 0.25) is 0 Å². The van der Waals surface area contributed by atoms with Gasteiger partial charge in [0.1, 0.15) is 11.5 Å². The molecule has 2 aliphatic rings. The van der Waals surface area contributed by atoms with Crippen LogP contribution in [0.15, 0.2) is 70.2 Å². The van der Waals surface area contributed by atoms with E-state index in [1.807, 2.05) is 71.8 Å². The molecule has 0 saturated heterocycles. The minimum absolute atomic E-state index is 0.114. The number of hydrogen-bond acceptors (Lipinski definition) is 9. The van der Waals surface area contributed by atoms with Crippen molar-refractivity contribution < 1.29 is 23.8 Å². The summed E-state index contributed by atoms with van der Waals surface area (Å²) in [5.41, 5.74) is 3.09. The Morgan fingerprint density at radius 1 is 1.10 bits per heavy atom. The third kappa shape index (κ3) is 6.29. The molecule has 0 aromatic heterocycles. The number of likely N-dealkylation sites (N-methyl/N-ethyl adjacent to an activating group) is 1. The lowest BCUT2D eigenvalue weighted by atomic mass is 9.90. The lowest BCUT2D eigenvalue weighted by molar-refractivity contribution is -0.139. The van der Waals surface area contributed by atoms with E-state index < -0.39 is 12.0 Å². The molecule has 0 radical (unpaired) electrons. The van der Waals surface area contributed by atoms with Gasteiger partial charge >= 0.3 is 5.97 Å². The van der Waals surface area contributed by atoms with Crippen LogP contribution in [-0.4, -0.2) is 74.9 Å². The van der Waals surface area contributed by atoms with Crippen LogP contribution in [-0.2, 0) is 14.3 Å². The summed E-state index contributed by atoms with van der Waals surface area (Å²) in [4.78, 5) is 35.5. The number of amides is 1. The molecule has 206 valence electrons. The van der Waals surface area contributed by atoms with Crippen LogP contribution in [0.5, 0.6) is 11.5 Å². The highest BCUT2D eigenvalue weighted by Gasteiger charge is 2.43. The molecule has 1 atom stereocenters. The van der Waals surface area contributed by atoms with Crippen molar-refractivity contribution in [2.24, 2.45) is 4.99 Å². The first-order valence-electron chi connectivity index (χ1n) is 12.7. The molecule has 0 fully saturated rings. The zero-order valence-corrected chi connectivity index (χ0v) is 23.7. The van der Waals surface area contributed by atoms with E-state index in [2.05, 4.69) is 5.32 Å². The molecule has 1 amide bonds. The maximum Gasteiger partial charge on any atom is 0.338 e. The summed E-state index contributed by atoms with van der Waals surface area (Å²) in [6, 6.07) is 14.4. The number of amidine groups is 1. The van der Waals surface area contributed by atoms with E-state index in [0.717, 1.165) is 17.8 Å². The molecule has 0 bridgehead atoms. The maximum atomic E-state index is 13.7. The van der Waals surface area contributed by atoms with Crippen LogP contribution >= 0.6 is 11.8 Å². The summed E-state index contributed by atoms with van der Waals surface area (Å²) in [7, 11) is 7.09. The second-order valence-electron chi connectivity index (χ2n) is 9.18. The van der Waals surface area contributed by atoms with Crippen LogP contribution in [0.1, 0.15) is 30.5 Å². The van der Waals surface area contributed by atoms with Gasteiger partial charge in [0.05, 0.1) is 44.6 Å². The second kappa shape index (κ2) is 12.9. The van der Waals surface area contributed by atoms with Gasteiger partial charge in [0, 0.05) is 29.9 Å². The van der Waals surface area contributed by atoms with Crippen LogP contribution in [0.25, 0.3) is 5.70 Å². The fourth-order valence-corrected chi connectivity index (χ4v) is 5.40. The second-order valence-corrected chi connectivity index (χ2v) is 10.0. The summed E-state index contributed by atoms with van der Waals surface area (Å²) in [5.74, 6) is 0.582. The van der Waals surface area contributed by atoms with Crippen LogP contribution in [0.3, 0.4) is 0 Å². The monoisotopic (exact) mass is 550 g/mol. The fourth-order valence-electron chi connectivity index (χ4n) is 4.48. The topological polar surface area (TPSA) is 92.7 Å². The molecule has 2 aliphatic heterocycles. The van der Waals surface area contributed by atoms with E-state index in [9.17, 15) is 9.59 Å². The predicted molar refractivity (Wildman–Crippen MR) is 153 cm³/mol. The van der Waals surface area contributed by atoms with Gasteiger partial charge in [-0.3, -0.25) is 4.79 Å². The van der Waals surface area contributed by atoms with Gasteiger partial charge < -0.3 is 29.3 Å². The van der Waals surface area contributed by atoms with Gasteiger partial charge in [-0.05, 0) is 44.6 Å². The van der Waals surface area contributed by atoms with Crippen molar-refractivity contribution in [2.45, 2.75) is 19.4 Å². The van der Waals surface area contributed by atoms with Crippen LogP contribution in [0.4, 0.5) is 0 Å². The molecular weight excluding hydrogens is 516 g/mol. The Morgan fingerprint density at radius 2 is 1.87 bits per heavy atom. The molecule has 0 spiro atoms. The van der Waals surface area contributed by atoms with Crippen molar-refractivity contribution in [3.63, 3.8) is 0 Å². The number of ether oxygens (including phenoxy) is 3. The summed E-state index contributed by atoms with van der Waals surface area (Å²) < 4.78 is 16.9. The Kier molecular flexibility index (Phi) is 9.32. The minimum Gasteiger partial charge on any atom is -0.497 e. The van der Waals surface area contributed by atoms with Gasteiger partial charge in [-0.2, -0.15) is 0 Å². The third-order valence-electron chi connectivity index (χ3n) is 6.31. The molecule has 1 unspecified atom stereocenters. The van der Waals surface area contributed by atoms with E-state index in [4.69, 9.17) is 19.2 Å². The van der Waals surface area contributed by atoms with Gasteiger partial charge in [0.25, 0.3) is 0 Å². The first kappa shape index (κ1) is 28.3. The highest BCUT2D eigenvalue weighted by molar-refractivity contribution is 8.16. The number of rotatable bonds is 11. The highest BCUT2D eigenvalue weighted by Crippen LogP contribution is 2.49. The number of methoxy groups -OCH3 is 2. The number of esters is 1. The molecule has 2 aromatic carbocycles. The van der Waals surface area contributed by atoms with Crippen molar-refractivity contribution >= 4 is 34.5 Å². The van der Waals surface area contributed by atoms with E-state index in [0.29, 0.717) is 40.0 Å². The number of fused-ring (bicyclic) bond motifs is 1. The zero-order chi connectivity index (χ0) is 27.9. The van der Waals surface area contributed by atoms with Gasteiger partial charge in [0.15, 0.2) is 5.17 Å². The van der Waals surface area contributed by atoms with Crippen molar-refractivity contribution in [3.05, 3.63) is 76.3 Å². The normalized spacial score (nSPS) is 16.5. The van der Waals surface area contributed by atoms with Crippen LogP contribution < -0.4 is 14.8 Å². The smallest absolute Gasteiger partial charge is 0.338 e. The van der Waals surface area contributed by atoms with Crippen LogP contribution in [0, 0.1) is 0 Å². The summed E-state index contributed by atoms with van der Waals surface area (Å²) in [6.07, 6.45) is 0.124. The van der Waals surface area contributed by atoms with E-state index in [1.54, 1.807) is 27.2 Å². The lowest BCUT2D eigenvalue weighted by Crippen LogP contribution is -2.38. The average molecular weight is 551 g/mol. The van der Waals surface area contributed by atoms with Crippen molar-refractivity contribution in [1.82, 2.24) is 15.1 Å². The number of thioether (sulfide) groups is 1. The van der Waals surface area contributed by atoms with Crippen molar-refractivity contribution in [1.29, 1.82) is 0 Å². The molecule has 9 nitrogen and oxygen atoms in total. The fraction of sp³-hybridized carbons (Fsp3) is 0.345. The number of aliphatic imine (C=N–C) groups is 1. The van der Waals surface area contributed by atoms with Gasteiger partial charge in [-0.15, -0.1) is 0 Å². The molecule has 0 saturated carbocycles. The number of carbonyl (C=O) groups excluding carboxylic acids is 2. The Hall–Kier alpha value is -3.76. The average Bonchev–Trinajstić information content (AvgIpc) is 3.34. The minimum atomic E-state index is -0.673. The Labute approximate surface area is 233 Å². The van der Waals surface area contributed by atoms with E-state index in [1.165, 1.54) is 11.8 Å². The molecule has 2 heterocycles. The standard InChI is InChI=1S/C29H34N4O5S/c1-6-38-28(35)25-26(19-10-8-7-9-11-19)31-29-33(20(18-39-29)16-24(34)30-14-15-32(2)3)27(25)22-17-21(36-4)12-13-23(22)37-5/h7-13,17-18,27H,6,14-16H2,1-5H3,(H,30,34). The van der Waals surface area contributed by atoms with Crippen molar-refractivity contribution in [3.8, 4) is 11.5 Å². The SMILES string of the molecule is CCOC(=O)C1=C(c2ccccc2)N=C2SC=C(CC(=O)NCCN(C)C)N2C1c1cc(OC)ccc1OC. The number of nitrogens with zero attached hydrogens (tertiary/aromatic N) is 3. The molecule has 1 N–H and O–H groups in total. The first-order chi connectivity index (χ1) is 18.9. The summed E-state index contributed by atoms with van der Waals surface area (Å²) >= 11 is 1.42. The number of carbonyl (C=O) groups is 2. The predicted octanol–water partition coefficient (Wildman–Crippen LogP) is 4.05. The van der Waals surface area contributed by atoms with Crippen molar-refractivity contribution in [2.75, 3.05) is 48.0 Å². The Bertz CT molecular complexity index is 1310. The van der Waals surface area contributed by atoms with Gasteiger partial charge in [-0.1, -0.05) is 42.1 Å². The molecular formula is C29H34N4O5S. The Balaban J connectivity index is 1.86. The van der Waals surface area contributed by atoms with E-state index in [-0.39, 0.29) is 18.9 Å². The number of nitrogens with one attached hydrogen (secondary N) is 1. The number of benzene rings is 2. The summed E-state index contributed by atoms with van der Waals surface area (Å²) in [5, 5.41) is 5.55. The lowest BCUT2D eigenvalue weighted by Gasteiger charge is -2.37. The molecule has 2 aromatic rings. The molecule has 39 heavy (non-hydrogen) atoms. The molecule has 10 heteroatoms. The molecule has 4 rings (SSSR count). The quantitative estimate of drug-likeness (QED) is 0.419. The Morgan fingerprint density at radius 3 is 2.54 bits per heavy atom. The number of hydrogen-bond donors (Lipinski definition) is 1. The first-order valence-corrected chi connectivity index (χ1v) is 13.6. The highest BCUT2D eigenvalue weighted by atomic mass is 32.2. The molecule has 0 aliphatic carbocycles. The van der Waals surface area contributed by atoms with Gasteiger partial charge in [-0.25, -0.2) is 9.79 Å². The third-order valence-corrected chi connectivity index (χ3v) is 7.20. The van der Waals surface area contributed by atoms with Gasteiger partial charge in [0.2, 0.25) is 5.91 Å².